The molecular weight excluding hydrogens is 792 g/mol. The lowest BCUT2D eigenvalue weighted by Crippen LogP contribution is -2.32. The summed E-state index contributed by atoms with van der Waals surface area (Å²) in [5, 5.41) is 84.3. The molecule has 0 spiro atoms. The minimum absolute atomic E-state index is 0.126. The number of fused-ring (bicyclic) bond motifs is 6. The Labute approximate surface area is 374 Å². The topological polar surface area (TPSA) is 151 Å². The van der Waals surface area contributed by atoms with Gasteiger partial charge in [0, 0.05) is 27.9 Å². The molecule has 0 saturated heterocycles. The number of rotatable bonds is 5. The summed E-state index contributed by atoms with van der Waals surface area (Å²) in [4.78, 5) is 0. The van der Waals surface area contributed by atoms with Crippen LogP contribution in [0.2, 0.25) is 0 Å². The van der Waals surface area contributed by atoms with Crippen LogP contribution < -0.4 is 38.2 Å². The zero-order chi connectivity index (χ0) is 45.2. The smallest absolute Gasteiger partial charge is 0.200 e. The average Bonchev–Trinajstić information content (AvgIpc) is 3.88. The van der Waals surface area contributed by atoms with Crippen LogP contribution in [0.15, 0.2) is 109 Å². The molecule has 8 aromatic carbocycles. The number of phenols is 7. The lowest BCUT2D eigenvalue weighted by atomic mass is 9.70. The summed E-state index contributed by atoms with van der Waals surface area (Å²) in [5.41, 5.74) is 11.9. The Bertz CT molecular complexity index is 3600. The second-order valence-electron chi connectivity index (χ2n) is 17.0. The van der Waals surface area contributed by atoms with Gasteiger partial charge in [-0.05, 0) is 69.0 Å². The normalized spacial score (nSPS) is 11.7. The van der Waals surface area contributed by atoms with Gasteiger partial charge in [0.25, 0.3) is 0 Å². The number of hydrogen-bond donors (Lipinski definition) is 7. The van der Waals surface area contributed by atoms with Gasteiger partial charge in [0.1, 0.15) is 66.4 Å². The third-order valence-corrected chi connectivity index (χ3v) is 13.6. The number of nitrogens with zero attached hydrogens (tertiary/aromatic N) is 2. The zero-order valence-electron chi connectivity index (χ0n) is 36.4. The first kappa shape index (κ1) is 40.5. The first-order chi connectivity index (χ1) is 30.6. The molecule has 0 amide bonds. The van der Waals surface area contributed by atoms with Crippen LogP contribution in [0, 0.1) is 0 Å². The molecule has 0 aliphatic carbocycles. The van der Waals surface area contributed by atoms with Gasteiger partial charge >= 0.3 is 0 Å². The highest BCUT2D eigenvalue weighted by Gasteiger charge is 2.33. The zero-order valence-corrected chi connectivity index (χ0v) is 36.4. The van der Waals surface area contributed by atoms with Crippen LogP contribution in [0.5, 0.6) is 40.2 Å². The fourth-order valence-corrected chi connectivity index (χ4v) is 10.1. The van der Waals surface area contributed by atoms with E-state index in [1.165, 1.54) is 0 Å². The van der Waals surface area contributed by atoms with Crippen molar-refractivity contribution >= 4 is 137 Å². The molecular formula is C48H39B7N2O7. The van der Waals surface area contributed by atoms with E-state index in [1.807, 2.05) is 94.8 Å². The van der Waals surface area contributed by atoms with Gasteiger partial charge in [0.05, 0.1) is 38.2 Å². The molecule has 0 saturated carbocycles. The molecule has 9 nitrogen and oxygen atoms in total. The largest absolute Gasteiger partial charge is 0.508 e. The maximum atomic E-state index is 13.0. The van der Waals surface area contributed by atoms with Crippen molar-refractivity contribution in [2.75, 3.05) is 0 Å². The van der Waals surface area contributed by atoms with Crippen LogP contribution in [-0.2, 0) is 0 Å². The van der Waals surface area contributed by atoms with Crippen LogP contribution in [0.3, 0.4) is 0 Å². The molecule has 0 aliphatic heterocycles. The molecule has 64 heavy (non-hydrogen) atoms. The number of aromatic hydroxyl groups is 7. The quantitative estimate of drug-likeness (QED) is 0.0837. The fourth-order valence-electron chi connectivity index (χ4n) is 10.1. The van der Waals surface area contributed by atoms with E-state index in [2.05, 4.69) is 47.0 Å². The minimum atomic E-state index is -0.666. The summed E-state index contributed by atoms with van der Waals surface area (Å²) in [5.74, 6) is -2.69. The molecule has 2 heterocycles. The second-order valence-corrected chi connectivity index (χ2v) is 17.0. The fraction of sp³-hybridized carbons (Fsp3) is 0. The summed E-state index contributed by atoms with van der Waals surface area (Å²) in [6.45, 7) is 0. The molecule has 10 aromatic rings. The highest BCUT2D eigenvalue weighted by atomic mass is 16.3. The SMILES string of the molecule is Bc1c(O)c(O)c2c3c(O)c(-c4c(O)c(B)c5c(c4B)c4c(O)c(O)c(O)c(B)c4n5-c4ccccc4)c(B)c(B)c3n(-c3cc(-c4ccccc4)cc(-c4ccccc4)c3)c2c1B. The molecule has 0 atom stereocenters. The van der Waals surface area contributed by atoms with Crippen molar-refractivity contribution < 1.29 is 35.7 Å². The molecule has 0 fully saturated rings. The predicted octanol–water partition coefficient (Wildman–Crippen LogP) is -1.37. The minimum Gasteiger partial charge on any atom is -0.508 e. The summed E-state index contributed by atoms with van der Waals surface area (Å²) in [7, 11) is 12.7. The molecule has 304 valence electrons. The first-order valence-corrected chi connectivity index (χ1v) is 21.1. The van der Waals surface area contributed by atoms with Gasteiger partial charge in [-0.2, -0.15) is 0 Å². The van der Waals surface area contributed by atoms with E-state index in [-0.39, 0.29) is 44.7 Å². The number of para-hydroxylation sites is 1. The van der Waals surface area contributed by atoms with Crippen molar-refractivity contribution in [1.29, 1.82) is 0 Å². The van der Waals surface area contributed by atoms with Gasteiger partial charge in [-0.25, -0.2) is 0 Å². The Hall–Kier alpha value is -7.59. The molecule has 0 radical (unpaired) electrons. The van der Waals surface area contributed by atoms with Crippen LogP contribution in [-0.4, -0.2) is 99.8 Å². The molecule has 0 bridgehead atoms. The standard InChI is InChI=1S/C48H39B7N2O7/c49-31-25-28-41(37(55)47(63)48(64)45(28)61)56(23-14-8-3-9-15-23)38(25)36(54)43(59)26(31)27-32(50)33(51)39-29(42(27)58)30-40(34(52)35(53)46(62)44(30)60)57(39)24-17-21(19-10-4-1-5-11-19)16-22(18-24)20-12-6-2-7-13-20/h1-18,58-64H,49-55H2. The molecule has 0 unspecified atom stereocenters. The van der Waals surface area contributed by atoms with Gasteiger partial charge in [-0.3, -0.25) is 0 Å². The Morgan fingerprint density at radius 3 is 1.23 bits per heavy atom. The molecule has 16 heteroatoms. The van der Waals surface area contributed by atoms with E-state index >= 15 is 0 Å². The monoisotopic (exact) mass is 832 g/mol. The molecule has 10 rings (SSSR count). The predicted molar refractivity (Wildman–Crippen MR) is 280 cm³/mol. The van der Waals surface area contributed by atoms with Gasteiger partial charge in [-0.1, -0.05) is 101 Å². The van der Waals surface area contributed by atoms with Gasteiger partial charge in [-0.15, -0.1) is 0 Å². The molecule has 7 N–H and O–H groups in total. The summed E-state index contributed by atoms with van der Waals surface area (Å²) in [6.07, 6.45) is 0. The van der Waals surface area contributed by atoms with Crippen molar-refractivity contribution in [3.63, 3.8) is 0 Å². The number of phenolic OH excluding ortho intramolecular Hbond substituents is 7. The number of benzene rings is 8. The lowest BCUT2D eigenvalue weighted by Gasteiger charge is -2.22. The van der Waals surface area contributed by atoms with Gasteiger partial charge in [0.2, 0.25) is 0 Å². The lowest BCUT2D eigenvalue weighted by molar-refractivity contribution is 0.373. The maximum Gasteiger partial charge on any atom is 0.200 e. The van der Waals surface area contributed by atoms with E-state index in [4.69, 9.17) is 0 Å². The Kier molecular flexibility index (Phi) is 9.17. The maximum absolute atomic E-state index is 13.0. The summed E-state index contributed by atoms with van der Waals surface area (Å²) < 4.78 is 3.92. The van der Waals surface area contributed by atoms with Crippen LogP contribution in [0.1, 0.15) is 0 Å². The highest BCUT2D eigenvalue weighted by Crippen LogP contribution is 2.49. The van der Waals surface area contributed by atoms with Gasteiger partial charge in [0.15, 0.2) is 28.7 Å². The Morgan fingerprint density at radius 1 is 0.281 bits per heavy atom. The summed E-state index contributed by atoms with van der Waals surface area (Å²) >= 11 is 0. The van der Waals surface area contributed by atoms with Crippen molar-refractivity contribution in [3.05, 3.63) is 109 Å². The van der Waals surface area contributed by atoms with Gasteiger partial charge < -0.3 is 44.9 Å². The Morgan fingerprint density at radius 2 is 0.672 bits per heavy atom. The average molecular weight is 832 g/mol. The van der Waals surface area contributed by atoms with E-state index in [0.717, 1.165) is 33.4 Å². The van der Waals surface area contributed by atoms with Crippen LogP contribution in [0.25, 0.3) is 88.4 Å². The van der Waals surface area contributed by atoms with E-state index in [1.54, 1.807) is 31.4 Å². The van der Waals surface area contributed by atoms with E-state index in [9.17, 15) is 35.7 Å². The van der Waals surface area contributed by atoms with Crippen LogP contribution >= 0.6 is 0 Å². The number of aromatic nitrogens is 2. The molecule has 2 aromatic heterocycles. The van der Waals surface area contributed by atoms with Crippen molar-refractivity contribution in [2.24, 2.45) is 0 Å². The highest BCUT2D eigenvalue weighted by molar-refractivity contribution is 6.60. The van der Waals surface area contributed by atoms with Crippen molar-refractivity contribution in [2.45, 2.75) is 0 Å². The van der Waals surface area contributed by atoms with Crippen molar-refractivity contribution in [3.8, 4) is 85.0 Å². The second kappa shape index (κ2) is 14.5. The summed E-state index contributed by atoms with van der Waals surface area (Å²) in [6, 6.07) is 35.9. The number of hydrogen-bond acceptors (Lipinski definition) is 7. The van der Waals surface area contributed by atoms with Crippen molar-refractivity contribution in [1.82, 2.24) is 9.13 Å². The molecule has 0 aliphatic rings. The van der Waals surface area contributed by atoms with Crippen LogP contribution in [0.4, 0.5) is 0 Å². The third kappa shape index (κ3) is 5.47. The van der Waals surface area contributed by atoms with E-state index < -0.39 is 17.2 Å². The first-order valence-electron chi connectivity index (χ1n) is 21.1. The van der Waals surface area contributed by atoms with E-state index in [0.29, 0.717) is 71.5 Å². The third-order valence-electron chi connectivity index (χ3n) is 13.6. The Balaban J connectivity index is 1.38.